The molecular weight excluding hydrogens is 236 g/mol. The van der Waals surface area contributed by atoms with E-state index in [1.165, 1.54) is 10.9 Å². The van der Waals surface area contributed by atoms with E-state index in [-0.39, 0.29) is 17.5 Å². The van der Waals surface area contributed by atoms with Crippen LogP contribution in [0.2, 0.25) is 0 Å². The van der Waals surface area contributed by atoms with Gasteiger partial charge >= 0.3 is 5.69 Å². The summed E-state index contributed by atoms with van der Waals surface area (Å²) in [6, 6.07) is 3.67. The summed E-state index contributed by atoms with van der Waals surface area (Å²) in [5.74, 6) is 1.11. The molecule has 2 aromatic rings. The molecule has 7 nitrogen and oxygen atoms in total. The van der Waals surface area contributed by atoms with Gasteiger partial charge in [0.2, 0.25) is 5.82 Å². The van der Waals surface area contributed by atoms with Gasteiger partial charge in [0.05, 0.1) is 11.2 Å². The van der Waals surface area contributed by atoms with Gasteiger partial charge in [0.15, 0.2) is 0 Å². The Morgan fingerprint density at radius 1 is 1.67 bits per heavy atom. The summed E-state index contributed by atoms with van der Waals surface area (Å²) in [6.45, 7) is 1.92. The van der Waals surface area contributed by atoms with Crippen molar-refractivity contribution in [3.63, 3.8) is 0 Å². The standard InChI is InChI=1S/C11H14N4O3/c1-8(6-9-4-3-5-18-9)12-11-10(15(16)17)7-14(2)13-11/h3-5,7-8H,6H2,1-2H3,(H,12,13). The first-order chi connectivity index (χ1) is 8.56. The van der Waals surface area contributed by atoms with Gasteiger partial charge in [0.1, 0.15) is 12.0 Å². The summed E-state index contributed by atoms with van der Waals surface area (Å²) in [7, 11) is 1.65. The SMILES string of the molecule is CC(Cc1ccco1)Nc1nn(C)cc1[N+](=O)[O-]. The van der Waals surface area contributed by atoms with Crippen molar-refractivity contribution in [2.75, 3.05) is 5.32 Å². The first-order valence-corrected chi connectivity index (χ1v) is 5.53. The first-order valence-electron chi connectivity index (χ1n) is 5.53. The predicted molar refractivity (Wildman–Crippen MR) is 65.4 cm³/mol. The summed E-state index contributed by atoms with van der Waals surface area (Å²) >= 11 is 0. The minimum atomic E-state index is -0.449. The Balaban J connectivity index is 2.06. The number of nitro groups is 1. The van der Waals surface area contributed by atoms with Gasteiger partial charge in [-0.05, 0) is 19.1 Å². The molecule has 0 saturated heterocycles. The molecule has 1 unspecified atom stereocenters. The van der Waals surface area contributed by atoms with E-state index in [4.69, 9.17) is 4.42 Å². The molecule has 0 radical (unpaired) electrons. The van der Waals surface area contributed by atoms with Gasteiger partial charge in [-0.25, -0.2) is 0 Å². The minimum Gasteiger partial charge on any atom is -0.469 e. The van der Waals surface area contributed by atoms with Crippen molar-refractivity contribution in [2.45, 2.75) is 19.4 Å². The zero-order valence-electron chi connectivity index (χ0n) is 10.2. The Bertz CT molecular complexity index is 532. The van der Waals surface area contributed by atoms with Gasteiger partial charge < -0.3 is 9.73 Å². The van der Waals surface area contributed by atoms with E-state index in [1.807, 2.05) is 19.1 Å². The molecule has 0 saturated carbocycles. The van der Waals surface area contributed by atoms with Crippen LogP contribution >= 0.6 is 0 Å². The molecule has 1 N–H and O–H groups in total. The quantitative estimate of drug-likeness (QED) is 0.647. The zero-order valence-corrected chi connectivity index (χ0v) is 10.2. The van der Waals surface area contributed by atoms with E-state index in [1.54, 1.807) is 13.3 Å². The molecule has 0 fully saturated rings. The van der Waals surface area contributed by atoms with Crippen molar-refractivity contribution in [1.82, 2.24) is 9.78 Å². The number of hydrogen-bond donors (Lipinski definition) is 1. The van der Waals surface area contributed by atoms with Gasteiger partial charge in [-0.15, -0.1) is 5.10 Å². The molecule has 96 valence electrons. The zero-order chi connectivity index (χ0) is 13.1. The van der Waals surface area contributed by atoms with Crippen molar-refractivity contribution in [1.29, 1.82) is 0 Å². The third kappa shape index (κ3) is 2.68. The largest absolute Gasteiger partial charge is 0.469 e. The summed E-state index contributed by atoms with van der Waals surface area (Å²) in [4.78, 5) is 10.4. The van der Waals surface area contributed by atoms with E-state index >= 15 is 0 Å². The number of hydrogen-bond acceptors (Lipinski definition) is 5. The molecule has 2 rings (SSSR count). The molecule has 2 aromatic heterocycles. The highest BCUT2D eigenvalue weighted by Gasteiger charge is 2.20. The van der Waals surface area contributed by atoms with Crippen LogP contribution in [0.25, 0.3) is 0 Å². The number of aromatic nitrogens is 2. The summed E-state index contributed by atoms with van der Waals surface area (Å²) in [6.07, 6.45) is 3.62. The monoisotopic (exact) mass is 250 g/mol. The van der Waals surface area contributed by atoms with E-state index in [2.05, 4.69) is 10.4 Å². The highest BCUT2D eigenvalue weighted by Crippen LogP contribution is 2.22. The third-order valence-corrected chi connectivity index (χ3v) is 2.48. The van der Waals surface area contributed by atoms with Crippen LogP contribution in [-0.2, 0) is 13.5 Å². The number of furan rings is 1. The third-order valence-electron chi connectivity index (χ3n) is 2.48. The van der Waals surface area contributed by atoms with E-state index < -0.39 is 4.92 Å². The van der Waals surface area contributed by atoms with Crippen LogP contribution in [0, 0.1) is 10.1 Å². The van der Waals surface area contributed by atoms with Crippen LogP contribution < -0.4 is 5.32 Å². The Morgan fingerprint density at radius 3 is 3.06 bits per heavy atom. The van der Waals surface area contributed by atoms with Gasteiger partial charge in [-0.1, -0.05) is 0 Å². The molecule has 7 heteroatoms. The summed E-state index contributed by atoms with van der Waals surface area (Å²) < 4.78 is 6.64. The lowest BCUT2D eigenvalue weighted by atomic mass is 10.2. The molecule has 0 spiro atoms. The van der Waals surface area contributed by atoms with Gasteiger partial charge in [0.25, 0.3) is 0 Å². The van der Waals surface area contributed by atoms with Crippen LogP contribution in [0.3, 0.4) is 0 Å². The molecular formula is C11H14N4O3. The number of rotatable bonds is 5. The molecule has 1 atom stereocenters. The molecule has 18 heavy (non-hydrogen) atoms. The lowest BCUT2D eigenvalue weighted by Crippen LogP contribution is -2.18. The number of anilines is 1. The molecule has 0 aromatic carbocycles. The predicted octanol–water partition coefficient (Wildman–Crippen LogP) is 1.96. The second-order valence-electron chi connectivity index (χ2n) is 4.12. The molecule has 2 heterocycles. The van der Waals surface area contributed by atoms with Crippen molar-refractivity contribution >= 4 is 11.5 Å². The first kappa shape index (κ1) is 12.2. The fourth-order valence-corrected chi connectivity index (χ4v) is 1.73. The lowest BCUT2D eigenvalue weighted by Gasteiger charge is -2.10. The fraction of sp³-hybridized carbons (Fsp3) is 0.364. The Labute approximate surface area is 104 Å². The average molecular weight is 250 g/mol. The maximum atomic E-state index is 10.8. The highest BCUT2D eigenvalue weighted by atomic mass is 16.6. The van der Waals surface area contributed by atoms with E-state index in [0.29, 0.717) is 6.42 Å². The summed E-state index contributed by atoms with van der Waals surface area (Å²) in [5, 5.41) is 17.9. The lowest BCUT2D eigenvalue weighted by molar-refractivity contribution is -0.384. The number of nitrogens with zero attached hydrogens (tertiary/aromatic N) is 3. The van der Waals surface area contributed by atoms with Crippen molar-refractivity contribution in [2.24, 2.45) is 7.05 Å². The van der Waals surface area contributed by atoms with E-state index in [0.717, 1.165) is 5.76 Å². The normalized spacial score (nSPS) is 12.3. The molecule has 0 bridgehead atoms. The van der Waals surface area contributed by atoms with Crippen LogP contribution in [0.5, 0.6) is 0 Å². The highest BCUT2D eigenvalue weighted by molar-refractivity contribution is 5.55. The average Bonchev–Trinajstić information content (AvgIpc) is 2.88. The van der Waals surface area contributed by atoms with Gasteiger partial charge in [-0.2, -0.15) is 0 Å². The Kier molecular flexibility index (Phi) is 3.31. The van der Waals surface area contributed by atoms with Crippen LogP contribution in [0.4, 0.5) is 11.5 Å². The Morgan fingerprint density at radius 2 is 2.44 bits per heavy atom. The molecule has 0 aliphatic rings. The molecule has 0 amide bonds. The second kappa shape index (κ2) is 4.91. The van der Waals surface area contributed by atoms with Crippen molar-refractivity contribution < 1.29 is 9.34 Å². The molecule has 0 aliphatic heterocycles. The van der Waals surface area contributed by atoms with Crippen molar-refractivity contribution in [3.05, 3.63) is 40.5 Å². The van der Waals surface area contributed by atoms with Crippen LogP contribution in [0.1, 0.15) is 12.7 Å². The summed E-state index contributed by atoms with van der Waals surface area (Å²) in [5.41, 5.74) is -0.0243. The number of aryl methyl sites for hydroxylation is 1. The molecule has 0 aliphatic carbocycles. The smallest absolute Gasteiger partial charge is 0.330 e. The fourth-order valence-electron chi connectivity index (χ4n) is 1.73. The second-order valence-corrected chi connectivity index (χ2v) is 4.12. The maximum absolute atomic E-state index is 10.8. The minimum absolute atomic E-state index is 0.00949. The topological polar surface area (TPSA) is 86.1 Å². The van der Waals surface area contributed by atoms with Crippen LogP contribution in [-0.4, -0.2) is 20.7 Å². The number of nitrogens with one attached hydrogen (secondary N) is 1. The maximum Gasteiger partial charge on any atom is 0.330 e. The van der Waals surface area contributed by atoms with Gasteiger partial charge in [0, 0.05) is 19.5 Å². The van der Waals surface area contributed by atoms with Crippen molar-refractivity contribution in [3.8, 4) is 0 Å². The van der Waals surface area contributed by atoms with E-state index in [9.17, 15) is 10.1 Å². The Hall–Kier alpha value is -2.31. The van der Waals surface area contributed by atoms with Gasteiger partial charge in [-0.3, -0.25) is 14.8 Å². The van der Waals surface area contributed by atoms with Crippen LogP contribution in [0.15, 0.2) is 29.0 Å².